The van der Waals surface area contributed by atoms with Gasteiger partial charge in [-0.15, -0.1) is 12.4 Å². The maximum Gasteiger partial charge on any atom is 0.0236 e. The van der Waals surface area contributed by atoms with Gasteiger partial charge in [0.1, 0.15) is 0 Å². The van der Waals surface area contributed by atoms with E-state index in [1.165, 1.54) is 6.42 Å². The summed E-state index contributed by atoms with van der Waals surface area (Å²) in [6.45, 7) is 0.429. The standard InChI is InChI=1S/C12H21N.ClH/c1-10-3-9-4-11(2,6-10)8-12(13,5-9)7-10;/h9H,3-8,13H2,1-2H3;1H/t9-,10+,11-,12-;/i1D3;/m1./s1. The van der Waals surface area contributed by atoms with Gasteiger partial charge < -0.3 is 5.73 Å². The summed E-state index contributed by atoms with van der Waals surface area (Å²) in [7, 11) is 0. The number of hydrogen-bond acceptors (Lipinski definition) is 1. The molecule has 0 aromatic carbocycles. The van der Waals surface area contributed by atoms with Crippen LogP contribution in [0.5, 0.6) is 0 Å². The first-order valence-corrected chi connectivity index (χ1v) is 5.45. The van der Waals surface area contributed by atoms with Gasteiger partial charge in [-0.3, -0.25) is 0 Å². The second-order valence-electron chi connectivity index (χ2n) is 6.46. The van der Waals surface area contributed by atoms with Crippen molar-refractivity contribution in [2.24, 2.45) is 22.5 Å². The lowest BCUT2D eigenvalue weighted by molar-refractivity contribution is -0.104. The predicted octanol–water partition coefficient (Wildman–Crippen LogP) is 3.12. The Labute approximate surface area is 97.4 Å². The van der Waals surface area contributed by atoms with E-state index in [0.29, 0.717) is 5.92 Å². The molecule has 0 aromatic heterocycles. The third kappa shape index (κ3) is 1.40. The van der Waals surface area contributed by atoms with E-state index in [9.17, 15) is 0 Å². The molecule has 4 bridgehead atoms. The van der Waals surface area contributed by atoms with Crippen molar-refractivity contribution in [1.82, 2.24) is 0 Å². The second-order valence-corrected chi connectivity index (χ2v) is 6.46. The summed E-state index contributed by atoms with van der Waals surface area (Å²) in [5.74, 6) is 0.562. The van der Waals surface area contributed by atoms with Crippen molar-refractivity contribution in [2.45, 2.75) is 57.8 Å². The highest BCUT2D eigenvalue weighted by Gasteiger charge is 2.58. The summed E-state index contributed by atoms with van der Waals surface area (Å²) < 4.78 is 23.6. The number of rotatable bonds is 0. The van der Waals surface area contributed by atoms with Crippen LogP contribution in [0.2, 0.25) is 0 Å². The molecular formula is C12H22ClN. The maximum absolute atomic E-state index is 7.86. The van der Waals surface area contributed by atoms with Crippen molar-refractivity contribution in [3.63, 3.8) is 0 Å². The summed E-state index contributed by atoms with van der Waals surface area (Å²) in [5.41, 5.74) is 5.99. The fraction of sp³-hybridized carbons (Fsp3) is 1.00. The van der Waals surface area contributed by atoms with Crippen molar-refractivity contribution in [3.05, 3.63) is 0 Å². The smallest absolute Gasteiger partial charge is 0.0236 e. The Kier molecular flexibility index (Phi) is 1.44. The molecule has 14 heavy (non-hydrogen) atoms. The first kappa shape index (κ1) is 7.51. The molecule has 0 amide bonds. The van der Waals surface area contributed by atoms with Gasteiger partial charge in [0.05, 0.1) is 0 Å². The van der Waals surface area contributed by atoms with E-state index in [-0.39, 0.29) is 23.4 Å². The SMILES string of the molecule is Cl.[2H]C([2H])([2H])[C@@]12C[C@@H]3C[C@@](C)(C[C@@](N)(C3)C1)C2. The number of halogens is 1. The van der Waals surface area contributed by atoms with E-state index in [4.69, 9.17) is 9.85 Å². The summed E-state index contributed by atoms with van der Waals surface area (Å²) in [6, 6.07) is 0. The number of nitrogens with two attached hydrogens (primary N) is 1. The lowest BCUT2D eigenvalue weighted by Gasteiger charge is -2.64. The Hall–Kier alpha value is 0.250. The first-order valence-electron chi connectivity index (χ1n) is 6.95. The van der Waals surface area contributed by atoms with Gasteiger partial charge in [0.25, 0.3) is 0 Å². The van der Waals surface area contributed by atoms with Crippen LogP contribution in [0.25, 0.3) is 0 Å². The monoisotopic (exact) mass is 218 g/mol. The van der Waals surface area contributed by atoms with Crippen LogP contribution in [-0.4, -0.2) is 5.54 Å². The topological polar surface area (TPSA) is 26.0 Å². The molecule has 0 aromatic rings. The average molecular weight is 219 g/mol. The molecule has 0 radical (unpaired) electrons. The molecule has 2 heteroatoms. The highest BCUT2D eigenvalue weighted by atomic mass is 35.5. The largest absolute Gasteiger partial charge is 0.325 e. The third-order valence-corrected chi connectivity index (χ3v) is 4.39. The fourth-order valence-electron chi connectivity index (χ4n) is 5.00. The van der Waals surface area contributed by atoms with Crippen LogP contribution in [0.1, 0.15) is 56.4 Å². The molecular weight excluding hydrogens is 194 g/mol. The molecule has 4 aliphatic rings. The molecule has 4 rings (SSSR count). The lowest BCUT2D eigenvalue weighted by Crippen LogP contribution is -2.62. The summed E-state index contributed by atoms with van der Waals surface area (Å²) in [5, 5.41) is 0. The Balaban J connectivity index is 0.00000108. The van der Waals surface area contributed by atoms with Gasteiger partial charge in [-0.05, 0) is 55.3 Å². The minimum absolute atomic E-state index is 0. The van der Waals surface area contributed by atoms with E-state index in [1.54, 1.807) is 0 Å². The Morgan fingerprint density at radius 3 is 2.36 bits per heavy atom. The van der Waals surface area contributed by atoms with Gasteiger partial charge in [0.2, 0.25) is 0 Å². The predicted molar refractivity (Wildman–Crippen MR) is 61.6 cm³/mol. The molecule has 0 aliphatic heterocycles. The van der Waals surface area contributed by atoms with Gasteiger partial charge in [0.15, 0.2) is 0 Å². The summed E-state index contributed by atoms with van der Waals surface area (Å²) >= 11 is 0. The van der Waals surface area contributed by atoms with Crippen LogP contribution in [0, 0.1) is 16.7 Å². The van der Waals surface area contributed by atoms with Crippen molar-refractivity contribution < 1.29 is 4.11 Å². The van der Waals surface area contributed by atoms with Crippen LogP contribution in [0.4, 0.5) is 0 Å². The first-order chi connectivity index (χ1) is 7.16. The van der Waals surface area contributed by atoms with Crippen molar-refractivity contribution in [1.29, 1.82) is 0 Å². The summed E-state index contributed by atoms with van der Waals surface area (Å²) in [6.07, 6.45) is 5.77. The normalized spacial score (nSPS) is 63.9. The highest BCUT2D eigenvalue weighted by molar-refractivity contribution is 5.85. The maximum atomic E-state index is 7.86. The van der Waals surface area contributed by atoms with Crippen molar-refractivity contribution in [2.75, 3.05) is 0 Å². The molecule has 82 valence electrons. The molecule has 2 N–H and O–H groups in total. The van der Waals surface area contributed by atoms with Crippen molar-refractivity contribution >= 4 is 12.4 Å². The molecule has 0 unspecified atom stereocenters. The van der Waals surface area contributed by atoms with Crippen LogP contribution < -0.4 is 5.73 Å². The zero-order chi connectivity index (χ0) is 11.8. The molecule has 0 heterocycles. The van der Waals surface area contributed by atoms with Crippen LogP contribution in [0.3, 0.4) is 0 Å². The molecule has 4 saturated carbocycles. The van der Waals surface area contributed by atoms with Crippen LogP contribution >= 0.6 is 12.4 Å². The average Bonchev–Trinajstić information content (AvgIpc) is 1.92. The van der Waals surface area contributed by atoms with E-state index in [1.807, 2.05) is 0 Å². The Morgan fingerprint density at radius 2 is 1.79 bits per heavy atom. The minimum atomic E-state index is -1.82. The van der Waals surface area contributed by atoms with Gasteiger partial charge in [-0.1, -0.05) is 13.8 Å². The van der Waals surface area contributed by atoms with Gasteiger partial charge in [-0.2, -0.15) is 0 Å². The van der Waals surface area contributed by atoms with Gasteiger partial charge in [-0.25, -0.2) is 0 Å². The third-order valence-electron chi connectivity index (χ3n) is 4.39. The van der Waals surface area contributed by atoms with E-state index >= 15 is 0 Å². The van der Waals surface area contributed by atoms with E-state index < -0.39 is 12.3 Å². The van der Waals surface area contributed by atoms with Crippen molar-refractivity contribution in [3.8, 4) is 0 Å². The molecule has 0 saturated heterocycles. The molecule has 1 nitrogen and oxygen atoms in total. The van der Waals surface area contributed by atoms with E-state index in [0.717, 1.165) is 32.1 Å². The summed E-state index contributed by atoms with van der Waals surface area (Å²) in [4.78, 5) is 0. The fourth-order valence-corrected chi connectivity index (χ4v) is 5.00. The molecule has 0 spiro atoms. The molecule has 4 aliphatic carbocycles. The minimum Gasteiger partial charge on any atom is -0.325 e. The molecule has 4 atom stereocenters. The van der Waals surface area contributed by atoms with Crippen LogP contribution in [-0.2, 0) is 0 Å². The lowest BCUT2D eigenvalue weighted by atomic mass is 9.43. The van der Waals surface area contributed by atoms with Gasteiger partial charge >= 0.3 is 0 Å². The quantitative estimate of drug-likeness (QED) is 0.665. The zero-order valence-electron chi connectivity index (χ0n) is 11.8. The number of hydrogen-bond donors (Lipinski definition) is 1. The zero-order valence-corrected chi connectivity index (χ0v) is 9.62. The van der Waals surface area contributed by atoms with Crippen LogP contribution in [0.15, 0.2) is 0 Å². The van der Waals surface area contributed by atoms with Gasteiger partial charge in [0, 0.05) is 9.65 Å². The Morgan fingerprint density at radius 1 is 1.14 bits per heavy atom. The highest BCUT2D eigenvalue weighted by Crippen LogP contribution is 2.65. The second kappa shape index (κ2) is 2.68. The van der Waals surface area contributed by atoms with E-state index in [2.05, 4.69) is 6.92 Å². The Bertz CT molecular complexity index is 323. The molecule has 4 fully saturated rings.